The van der Waals surface area contributed by atoms with E-state index in [-0.39, 0.29) is 5.56 Å². The molecule has 1 aromatic carbocycles. The minimum Gasteiger partial charge on any atom is -0.449 e. The second kappa shape index (κ2) is 8.01. The SMILES string of the molecule is CCNC(=O)[C@H](C)OC(=O)/C=C/c1ccc(Cl)c(C(F)(F)F)c1. The fraction of sp³-hybridized carbons (Fsp3) is 0.333. The van der Waals surface area contributed by atoms with Gasteiger partial charge in [0, 0.05) is 12.6 Å². The highest BCUT2D eigenvalue weighted by molar-refractivity contribution is 6.31. The summed E-state index contributed by atoms with van der Waals surface area (Å²) in [6, 6.07) is 3.24. The van der Waals surface area contributed by atoms with Gasteiger partial charge in [0.2, 0.25) is 0 Å². The number of ether oxygens (including phenoxy) is 1. The number of halogens is 4. The lowest BCUT2D eigenvalue weighted by atomic mass is 10.1. The molecule has 0 saturated carbocycles. The summed E-state index contributed by atoms with van der Waals surface area (Å²) in [5.41, 5.74) is -0.866. The Balaban J connectivity index is 2.78. The fourth-order valence-corrected chi connectivity index (χ4v) is 1.84. The summed E-state index contributed by atoms with van der Waals surface area (Å²) < 4.78 is 43.0. The first-order valence-corrected chi connectivity index (χ1v) is 7.06. The van der Waals surface area contributed by atoms with Crippen molar-refractivity contribution in [2.45, 2.75) is 26.1 Å². The molecule has 0 aliphatic carbocycles. The number of hydrogen-bond donors (Lipinski definition) is 1. The third kappa shape index (κ3) is 5.94. The molecule has 0 aromatic heterocycles. The Kier molecular flexibility index (Phi) is 6.62. The molecule has 4 nitrogen and oxygen atoms in total. The van der Waals surface area contributed by atoms with Crippen LogP contribution in [0.5, 0.6) is 0 Å². The van der Waals surface area contributed by atoms with E-state index in [1.165, 1.54) is 13.0 Å². The van der Waals surface area contributed by atoms with Crippen LogP contribution in [-0.2, 0) is 20.5 Å². The second-order valence-electron chi connectivity index (χ2n) is 4.54. The van der Waals surface area contributed by atoms with Gasteiger partial charge in [0.05, 0.1) is 10.6 Å². The standard InChI is InChI=1S/C15H15ClF3NO3/c1-3-20-14(22)9(2)23-13(21)7-5-10-4-6-12(16)11(8-10)15(17,18)19/h4-9H,3H2,1-2H3,(H,20,22)/b7-5+/t9-/m0/s1. The van der Waals surface area contributed by atoms with Crippen LogP contribution >= 0.6 is 11.6 Å². The Morgan fingerprint density at radius 2 is 2.04 bits per heavy atom. The molecular weight excluding hydrogens is 335 g/mol. The third-order valence-electron chi connectivity index (χ3n) is 2.72. The molecule has 1 aromatic rings. The minimum atomic E-state index is -4.59. The molecular formula is C15H15ClF3NO3. The van der Waals surface area contributed by atoms with Crippen LogP contribution in [0.4, 0.5) is 13.2 Å². The van der Waals surface area contributed by atoms with E-state index >= 15 is 0 Å². The molecule has 0 fully saturated rings. The van der Waals surface area contributed by atoms with Crippen molar-refractivity contribution < 1.29 is 27.5 Å². The molecule has 0 unspecified atom stereocenters. The van der Waals surface area contributed by atoms with E-state index < -0.39 is 34.7 Å². The summed E-state index contributed by atoms with van der Waals surface area (Å²) in [5, 5.41) is 2.05. The zero-order valence-electron chi connectivity index (χ0n) is 12.4. The Hall–Kier alpha value is -2.02. The molecule has 0 radical (unpaired) electrons. The Morgan fingerprint density at radius 1 is 1.39 bits per heavy atom. The summed E-state index contributed by atoms with van der Waals surface area (Å²) in [6.07, 6.45) is -3.49. The third-order valence-corrected chi connectivity index (χ3v) is 3.05. The maximum absolute atomic E-state index is 12.7. The van der Waals surface area contributed by atoms with Crippen LogP contribution < -0.4 is 5.32 Å². The van der Waals surface area contributed by atoms with Gasteiger partial charge in [-0.1, -0.05) is 17.7 Å². The predicted octanol–water partition coefficient (Wildman–Crippen LogP) is 3.44. The van der Waals surface area contributed by atoms with E-state index in [1.54, 1.807) is 6.92 Å². The van der Waals surface area contributed by atoms with E-state index in [0.29, 0.717) is 6.54 Å². The molecule has 1 atom stereocenters. The van der Waals surface area contributed by atoms with Gasteiger partial charge < -0.3 is 10.1 Å². The maximum atomic E-state index is 12.7. The van der Waals surface area contributed by atoms with E-state index in [1.807, 2.05) is 0 Å². The van der Waals surface area contributed by atoms with Crippen LogP contribution in [0.1, 0.15) is 25.0 Å². The molecule has 0 saturated heterocycles. The van der Waals surface area contributed by atoms with Crippen molar-refractivity contribution in [1.29, 1.82) is 0 Å². The van der Waals surface area contributed by atoms with Crippen LogP contribution in [0.25, 0.3) is 6.08 Å². The minimum absolute atomic E-state index is 0.129. The quantitative estimate of drug-likeness (QED) is 0.654. The lowest BCUT2D eigenvalue weighted by Gasteiger charge is -2.11. The largest absolute Gasteiger partial charge is 0.449 e. The molecule has 8 heteroatoms. The van der Waals surface area contributed by atoms with Crippen molar-refractivity contribution >= 4 is 29.6 Å². The summed E-state index contributed by atoms with van der Waals surface area (Å²) in [4.78, 5) is 22.9. The van der Waals surface area contributed by atoms with Crippen molar-refractivity contribution in [3.05, 3.63) is 40.4 Å². The van der Waals surface area contributed by atoms with Crippen molar-refractivity contribution in [3.63, 3.8) is 0 Å². The molecule has 1 amide bonds. The Morgan fingerprint density at radius 3 is 2.61 bits per heavy atom. The van der Waals surface area contributed by atoms with Crippen LogP contribution in [0.2, 0.25) is 5.02 Å². The number of amides is 1. The van der Waals surface area contributed by atoms with Gasteiger partial charge >= 0.3 is 12.1 Å². The lowest BCUT2D eigenvalue weighted by Crippen LogP contribution is -2.35. The van der Waals surface area contributed by atoms with Gasteiger partial charge in [-0.2, -0.15) is 13.2 Å². The van der Waals surface area contributed by atoms with Crippen molar-refractivity contribution in [1.82, 2.24) is 5.32 Å². The number of likely N-dealkylation sites (N-methyl/N-ethyl adjacent to an activating group) is 1. The number of esters is 1. The number of carbonyl (C=O) groups is 2. The molecule has 0 bridgehead atoms. The van der Waals surface area contributed by atoms with Gasteiger partial charge in [0.15, 0.2) is 6.10 Å². The van der Waals surface area contributed by atoms with E-state index in [4.69, 9.17) is 16.3 Å². The monoisotopic (exact) mass is 349 g/mol. The molecule has 0 heterocycles. The summed E-state index contributed by atoms with van der Waals surface area (Å²) in [5.74, 6) is -1.30. The zero-order valence-corrected chi connectivity index (χ0v) is 13.2. The van der Waals surface area contributed by atoms with E-state index in [0.717, 1.165) is 24.3 Å². The zero-order chi connectivity index (χ0) is 17.6. The summed E-state index contributed by atoms with van der Waals surface area (Å²) in [7, 11) is 0. The van der Waals surface area contributed by atoms with Gasteiger partial charge in [0.25, 0.3) is 5.91 Å². The number of rotatable bonds is 5. The highest BCUT2D eigenvalue weighted by Gasteiger charge is 2.33. The predicted molar refractivity (Wildman–Crippen MR) is 79.7 cm³/mol. The van der Waals surface area contributed by atoms with Crippen LogP contribution in [0.15, 0.2) is 24.3 Å². The summed E-state index contributed by atoms with van der Waals surface area (Å²) >= 11 is 5.50. The number of alkyl halides is 3. The average Bonchev–Trinajstić information content (AvgIpc) is 2.45. The molecule has 126 valence electrons. The maximum Gasteiger partial charge on any atom is 0.417 e. The molecule has 1 rings (SSSR count). The van der Waals surface area contributed by atoms with Gasteiger partial charge in [-0.3, -0.25) is 4.79 Å². The molecule has 0 spiro atoms. The van der Waals surface area contributed by atoms with Crippen molar-refractivity contribution in [3.8, 4) is 0 Å². The molecule has 0 aliphatic heterocycles. The van der Waals surface area contributed by atoms with Crippen LogP contribution in [-0.4, -0.2) is 24.5 Å². The first-order chi connectivity index (χ1) is 10.6. The molecule has 1 N–H and O–H groups in total. The Labute approximate surface area is 136 Å². The average molecular weight is 350 g/mol. The molecule has 23 heavy (non-hydrogen) atoms. The smallest absolute Gasteiger partial charge is 0.417 e. The van der Waals surface area contributed by atoms with Gasteiger partial charge in [0.1, 0.15) is 0 Å². The fourth-order valence-electron chi connectivity index (χ4n) is 1.61. The summed E-state index contributed by atoms with van der Waals surface area (Å²) in [6.45, 7) is 3.49. The van der Waals surface area contributed by atoms with Gasteiger partial charge in [-0.15, -0.1) is 0 Å². The number of benzene rings is 1. The normalized spacial score (nSPS) is 13.0. The first kappa shape index (κ1) is 19.0. The van der Waals surface area contributed by atoms with Crippen LogP contribution in [0, 0.1) is 0 Å². The van der Waals surface area contributed by atoms with Crippen molar-refractivity contribution in [2.24, 2.45) is 0 Å². The number of carbonyl (C=O) groups excluding carboxylic acids is 2. The first-order valence-electron chi connectivity index (χ1n) is 6.68. The highest BCUT2D eigenvalue weighted by atomic mass is 35.5. The molecule has 0 aliphatic rings. The van der Waals surface area contributed by atoms with E-state index in [9.17, 15) is 22.8 Å². The van der Waals surface area contributed by atoms with Gasteiger partial charge in [-0.05, 0) is 37.6 Å². The second-order valence-corrected chi connectivity index (χ2v) is 4.95. The topological polar surface area (TPSA) is 55.4 Å². The Bertz CT molecular complexity index is 614. The lowest BCUT2D eigenvalue weighted by molar-refractivity contribution is -0.150. The number of nitrogens with one attached hydrogen (secondary N) is 1. The van der Waals surface area contributed by atoms with Crippen LogP contribution in [0.3, 0.4) is 0 Å². The highest BCUT2D eigenvalue weighted by Crippen LogP contribution is 2.35. The van der Waals surface area contributed by atoms with Crippen molar-refractivity contribution in [2.75, 3.05) is 6.54 Å². The van der Waals surface area contributed by atoms with Gasteiger partial charge in [-0.25, -0.2) is 4.79 Å². The number of hydrogen-bond acceptors (Lipinski definition) is 3. The van der Waals surface area contributed by atoms with E-state index in [2.05, 4.69) is 5.32 Å².